The van der Waals surface area contributed by atoms with Gasteiger partial charge in [-0.05, 0) is 18.2 Å². The molecule has 0 radical (unpaired) electrons. The Morgan fingerprint density at radius 3 is 2.23 bits per heavy atom. The first-order valence-electron chi connectivity index (χ1n) is 11.3. The number of nitrogens with one attached hydrogen (secondary N) is 1. The Labute approximate surface area is 201 Å². The van der Waals surface area contributed by atoms with E-state index in [4.69, 9.17) is 9.47 Å². The van der Waals surface area contributed by atoms with Crippen molar-refractivity contribution in [2.45, 2.75) is 0 Å². The highest BCUT2D eigenvalue weighted by atomic mass is 16.6. The van der Waals surface area contributed by atoms with Gasteiger partial charge in [-0.15, -0.1) is 0 Å². The third-order valence-electron chi connectivity index (χ3n) is 5.66. The van der Waals surface area contributed by atoms with E-state index in [1.165, 1.54) is 12.1 Å². The maximum absolute atomic E-state index is 11.1. The Balaban J connectivity index is 1.37. The number of nitro benzene ring substituents is 1. The molecule has 13 nitrogen and oxygen atoms in total. The van der Waals surface area contributed by atoms with Crippen LogP contribution in [-0.2, 0) is 9.47 Å². The van der Waals surface area contributed by atoms with Crippen LogP contribution >= 0.6 is 0 Å². The number of benzene rings is 1. The third kappa shape index (κ3) is 5.36. The van der Waals surface area contributed by atoms with Gasteiger partial charge >= 0.3 is 0 Å². The third-order valence-corrected chi connectivity index (χ3v) is 5.66. The first-order chi connectivity index (χ1) is 17.2. The minimum atomic E-state index is -0.415. The summed E-state index contributed by atoms with van der Waals surface area (Å²) in [5.74, 6) is 1.47. The van der Waals surface area contributed by atoms with Crippen molar-refractivity contribution in [3.8, 4) is 5.69 Å². The largest absolute Gasteiger partial charge is 0.378 e. The molecule has 0 bridgehead atoms. The van der Waals surface area contributed by atoms with Gasteiger partial charge in [-0.1, -0.05) is 6.07 Å². The Hall–Kier alpha value is -4.10. The zero-order valence-corrected chi connectivity index (χ0v) is 19.0. The zero-order valence-electron chi connectivity index (χ0n) is 19.0. The second-order valence-corrected chi connectivity index (χ2v) is 7.91. The molecule has 0 spiro atoms. The minimum Gasteiger partial charge on any atom is -0.378 e. The van der Waals surface area contributed by atoms with Gasteiger partial charge in [0.15, 0.2) is 0 Å². The lowest BCUT2D eigenvalue weighted by Crippen LogP contribution is -2.40. The summed E-state index contributed by atoms with van der Waals surface area (Å²) in [6.45, 7) is 5.28. The standard InChI is InChI=1S/C22H25N9O4/c32-31(33)18-4-1-3-17(15-18)30-6-2-5-19(30)16-23-27-20-24-21(28-7-11-34-12-8-28)26-22(25-20)29-9-13-35-14-10-29/h1-6,15-16H,7-14H2,(H,24,25,26,27)/b23-16+. The molecule has 4 heterocycles. The van der Waals surface area contributed by atoms with Crippen LogP contribution in [0.5, 0.6) is 0 Å². The maximum atomic E-state index is 11.1. The van der Waals surface area contributed by atoms with E-state index in [-0.39, 0.29) is 5.69 Å². The van der Waals surface area contributed by atoms with Crippen LogP contribution < -0.4 is 15.2 Å². The predicted molar refractivity (Wildman–Crippen MR) is 130 cm³/mol. The van der Waals surface area contributed by atoms with E-state index in [1.54, 1.807) is 18.3 Å². The number of nitrogens with zero attached hydrogens (tertiary/aromatic N) is 8. The summed E-state index contributed by atoms with van der Waals surface area (Å²) in [6, 6.07) is 10.1. The number of non-ortho nitro benzene ring substituents is 1. The fourth-order valence-corrected chi connectivity index (χ4v) is 3.86. The van der Waals surface area contributed by atoms with E-state index in [9.17, 15) is 10.1 Å². The molecule has 35 heavy (non-hydrogen) atoms. The number of aromatic nitrogens is 4. The number of nitro groups is 1. The summed E-state index contributed by atoms with van der Waals surface area (Å²) in [4.78, 5) is 28.7. The van der Waals surface area contributed by atoms with Gasteiger partial charge in [0.05, 0.1) is 48.9 Å². The summed E-state index contributed by atoms with van der Waals surface area (Å²) < 4.78 is 12.7. The van der Waals surface area contributed by atoms with Crippen molar-refractivity contribution < 1.29 is 14.4 Å². The average Bonchev–Trinajstić information content (AvgIpc) is 3.38. The van der Waals surface area contributed by atoms with Crippen LogP contribution in [-0.4, -0.2) is 83.3 Å². The summed E-state index contributed by atoms with van der Waals surface area (Å²) in [6.07, 6.45) is 3.43. The number of hydrogen-bond donors (Lipinski definition) is 1. The van der Waals surface area contributed by atoms with Crippen LogP contribution in [0.15, 0.2) is 47.7 Å². The predicted octanol–water partition coefficient (Wildman–Crippen LogP) is 1.69. The fraction of sp³-hybridized carbons (Fsp3) is 0.364. The normalized spacial score (nSPS) is 16.6. The van der Waals surface area contributed by atoms with Gasteiger partial charge in [0.1, 0.15) is 0 Å². The van der Waals surface area contributed by atoms with Crippen molar-refractivity contribution >= 4 is 29.7 Å². The average molecular weight is 480 g/mol. The number of hydrazone groups is 1. The Morgan fingerprint density at radius 2 is 1.60 bits per heavy atom. The number of ether oxygens (including phenoxy) is 2. The Kier molecular flexibility index (Phi) is 6.77. The Bertz CT molecular complexity index is 1170. The van der Waals surface area contributed by atoms with Crippen molar-refractivity contribution in [1.29, 1.82) is 0 Å². The van der Waals surface area contributed by atoms with Crippen molar-refractivity contribution in [1.82, 2.24) is 19.5 Å². The van der Waals surface area contributed by atoms with Gasteiger partial charge < -0.3 is 23.8 Å². The molecule has 1 N–H and O–H groups in total. The summed E-state index contributed by atoms with van der Waals surface area (Å²) >= 11 is 0. The summed E-state index contributed by atoms with van der Waals surface area (Å²) in [5, 5.41) is 15.5. The fourth-order valence-electron chi connectivity index (χ4n) is 3.86. The van der Waals surface area contributed by atoms with E-state index in [2.05, 4.69) is 35.3 Å². The highest BCUT2D eigenvalue weighted by molar-refractivity contribution is 5.79. The molecule has 1 aromatic carbocycles. The molecular weight excluding hydrogens is 454 g/mol. The van der Waals surface area contributed by atoms with E-state index in [0.29, 0.717) is 76.1 Å². The van der Waals surface area contributed by atoms with Crippen LogP contribution in [0.2, 0.25) is 0 Å². The molecule has 0 saturated carbocycles. The van der Waals surface area contributed by atoms with Crippen molar-refractivity contribution in [3.63, 3.8) is 0 Å². The molecule has 2 aliphatic rings. The highest BCUT2D eigenvalue weighted by Crippen LogP contribution is 2.20. The maximum Gasteiger partial charge on any atom is 0.271 e. The second-order valence-electron chi connectivity index (χ2n) is 7.91. The SMILES string of the molecule is O=[N+]([O-])c1cccc(-n2cccc2/C=N/Nc2nc(N3CCOCC3)nc(N3CCOCC3)n2)c1. The lowest BCUT2D eigenvalue weighted by atomic mass is 10.2. The number of rotatable bonds is 7. The summed E-state index contributed by atoms with van der Waals surface area (Å²) in [5.41, 5.74) is 4.33. The number of hydrogen-bond acceptors (Lipinski definition) is 11. The van der Waals surface area contributed by atoms with Gasteiger partial charge in [0.2, 0.25) is 17.8 Å². The van der Waals surface area contributed by atoms with E-state index < -0.39 is 4.92 Å². The molecule has 2 saturated heterocycles. The molecule has 2 aliphatic heterocycles. The topological polar surface area (TPSA) is 136 Å². The molecule has 3 aromatic rings. The summed E-state index contributed by atoms with van der Waals surface area (Å²) in [7, 11) is 0. The van der Waals surface area contributed by atoms with Gasteiger partial charge in [-0.2, -0.15) is 20.1 Å². The monoisotopic (exact) mass is 479 g/mol. The van der Waals surface area contributed by atoms with Gasteiger partial charge in [0, 0.05) is 44.5 Å². The molecular formula is C22H25N9O4. The van der Waals surface area contributed by atoms with Gasteiger partial charge in [-0.3, -0.25) is 10.1 Å². The van der Waals surface area contributed by atoms with Crippen LogP contribution in [0.1, 0.15) is 5.69 Å². The molecule has 2 aromatic heterocycles. The lowest BCUT2D eigenvalue weighted by molar-refractivity contribution is -0.384. The second kappa shape index (κ2) is 10.4. The zero-order chi connectivity index (χ0) is 24.0. The van der Waals surface area contributed by atoms with Crippen LogP contribution in [0.4, 0.5) is 23.5 Å². The number of morpholine rings is 2. The Morgan fingerprint density at radius 1 is 0.943 bits per heavy atom. The van der Waals surface area contributed by atoms with Crippen molar-refractivity contribution in [2.75, 3.05) is 67.8 Å². The van der Waals surface area contributed by atoms with Crippen LogP contribution in [0.25, 0.3) is 5.69 Å². The molecule has 0 amide bonds. The molecule has 2 fully saturated rings. The van der Waals surface area contributed by atoms with Crippen LogP contribution in [0.3, 0.4) is 0 Å². The van der Waals surface area contributed by atoms with E-state index in [1.807, 2.05) is 22.9 Å². The molecule has 13 heteroatoms. The molecule has 0 unspecified atom stereocenters. The highest BCUT2D eigenvalue weighted by Gasteiger charge is 2.20. The quantitative estimate of drug-likeness (QED) is 0.303. The smallest absolute Gasteiger partial charge is 0.271 e. The van der Waals surface area contributed by atoms with Crippen molar-refractivity contribution in [3.05, 3.63) is 58.4 Å². The minimum absolute atomic E-state index is 0.0219. The van der Waals surface area contributed by atoms with E-state index >= 15 is 0 Å². The molecule has 0 aliphatic carbocycles. The van der Waals surface area contributed by atoms with Crippen LogP contribution in [0, 0.1) is 10.1 Å². The van der Waals surface area contributed by atoms with E-state index in [0.717, 1.165) is 5.69 Å². The first-order valence-corrected chi connectivity index (χ1v) is 11.3. The molecule has 0 atom stereocenters. The first kappa shape index (κ1) is 22.7. The van der Waals surface area contributed by atoms with Gasteiger partial charge in [0.25, 0.3) is 5.69 Å². The van der Waals surface area contributed by atoms with Crippen molar-refractivity contribution in [2.24, 2.45) is 5.10 Å². The van der Waals surface area contributed by atoms with Gasteiger partial charge in [-0.25, -0.2) is 5.43 Å². The number of anilines is 3. The molecule has 5 rings (SSSR count). The molecule has 182 valence electrons. The lowest BCUT2D eigenvalue weighted by Gasteiger charge is -2.30.